The van der Waals surface area contributed by atoms with Crippen LogP contribution in [0.25, 0.3) is 0 Å². The fourth-order valence-corrected chi connectivity index (χ4v) is 2.73. The number of carbonyl (C=O) groups excluding carboxylic acids is 1. The van der Waals surface area contributed by atoms with Crippen LogP contribution in [0.2, 0.25) is 0 Å². The summed E-state index contributed by atoms with van der Waals surface area (Å²) < 4.78 is 5.35. The van der Waals surface area contributed by atoms with Gasteiger partial charge in [0, 0.05) is 6.42 Å². The summed E-state index contributed by atoms with van der Waals surface area (Å²) in [6.07, 6.45) is 1.70. The molecular formula is C12H19N3O2S. The van der Waals surface area contributed by atoms with Gasteiger partial charge in [0.2, 0.25) is 5.91 Å². The average Bonchev–Trinajstić information content (AvgIpc) is 2.78. The molecule has 1 aromatic heterocycles. The standard InChI is InChI=1S/C12H19N3O2S/c1-3-7(2)10(13)11(16)15-12-14-8-4-5-17-6-9(8)18-12/h7,10H,3-6,13H2,1-2H3,(H,14,15,16). The lowest BCUT2D eigenvalue weighted by atomic mass is 10.00. The number of amides is 1. The maximum Gasteiger partial charge on any atom is 0.243 e. The summed E-state index contributed by atoms with van der Waals surface area (Å²) in [5, 5.41) is 3.44. The molecule has 6 heteroatoms. The number of nitrogens with one attached hydrogen (secondary N) is 1. The minimum Gasteiger partial charge on any atom is -0.375 e. The lowest BCUT2D eigenvalue weighted by Crippen LogP contribution is -2.40. The molecule has 5 nitrogen and oxygen atoms in total. The van der Waals surface area contributed by atoms with E-state index in [2.05, 4.69) is 10.3 Å². The van der Waals surface area contributed by atoms with Crippen molar-refractivity contribution in [3.8, 4) is 0 Å². The highest BCUT2D eigenvalue weighted by molar-refractivity contribution is 7.15. The van der Waals surface area contributed by atoms with Crippen molar-refractivity contribution in [2.45, 2.75) is 39.3 Å². The van der Waals surface area contributed by atoms with Crippen LogP contribution in [-0.2, 0) is 22.6 Å². The molecule has 1 amide bonds. The molecule has 0 bridgehead atoms. The van der Waals surface area contributed by atoms with Crippen LogP contribution in [0.5, 0.6) is 0 Å². The zero-order valence-corrected chi connectivity index (χ0v) is 11.5. The maximum absolute atomic E-state index is 11.9. The number of aromatic nitrogens is 1. The van der Waals surface area contributed by atoms with E-state index in [1.165, 1.54) is 11.3 Å². The first kappa shape index (κ1) is 13.5. The van der Waals surface area contributed by atoms with Crippen molar-refractivity contribution in [1.82, 2.24) is 4.98 Å². The van der Waals surface area contributed by atoms with Gasteiger partial charge in [-0.05, 0) is 5.92 Å². The van der Waals surface area contributed by atoms with E-state index in [9.17, 15) is 4.79 Å². The summed E-state index contributed by atoms with van der Waals surface area (Å²) in [7, 11) is 0. The van der Waals surface area contributed by atoms with Gasteiger partial charge in [-0.25, -0.2) is 4.98 Å². The molecule has 1 aliphatic heterocycles. The second-order valence-corrected chi connectivity index (χ2v) is 5.68. The Morgan fingerprint density at radius 3 is 3.11 bits per heavy atom. The Morgan fingerprint density at radius 1 is 1.67 bits per heavy atom. The summed E-state index contributed by atoms with van der Waals surface area (Å²) >= 11 is 1.48. The minimum absolute atomic E-state index is 0.156. The zero-order chi connectivity index (χ0) is 13.1. The quantitative estimate of drug-likeness (QED) is 0.869. The van der Waals surface area contributed by atoms with Crippen molar-refractivity contribution < 1.29 is 9.53 Å². The monoisotopic (exact) mass is 269 g/mol. The van der Waals surface area contributed by atoms with Gasteiger partial charge in [0.25, 0.3) is 0 Å². The number of nitrogens with two attached hydrogens (primary N) is 1. The van der Waals surface area contributed by atoms with E-state index in [0.29, 0.717) is 18.3 Å². The maximum atomic E-state index is 11.9. The Bertz CT molecular complexity index is 409. The summed E-state index contributed by atoms with van der Waals surface area (Å²) in [5.74, 6) is 0.0132. The van der Waals surface area contributed by atoms with Gasteiger partial charge in [0.05, 0.1) is 29.8 Å². The van der Waals surface area contributed by atoms with Crippen LogP contribution in [0.1, 0.15) is 30.8 Å². The van der Waals surface area contributed by atoms with Crippen molar-refractivity contribution in [3.05, 3.63) is 10.6 Å². The Hall–Kier alpha value is -0.980. The summed E-state index contributed by atoms with van der Waals surface area (Å²) in [6, 6.07) is -0.479. The van der Waals surface area contributed by atoms with Crippen LogP contribution in [-0.4, -0.2) is 23.5 Å². The number of hydrogen-bond acceptors (Lipinski definition) is 5. The number of hydrogen-bond donors (Lipinski definition) is 2. The molecule has 0 fully saturated rings. The first-order valence-corrected chi connectivity index (χ1v) is 7.06. The third-order valence-electron chi connectivity index (χ3n) is 3.28. The number of nitrogens with zero attached hydrogens (tertiary/aromatic N) is 1. The average molecular weight is 269 g/mol. The van der Waals surface area contributed by atoms with Gasteiger partial charge < -0.3 is 15.8 Å². The summed E-state index contributed by atoms with van der Waals surface area (Å²) in [5.41, 5.74) is 6.92. The topological polar surface area (TPSA) is 77.2 Å². The van der Waals surface area contributed by atoms with E-state index in [1.807, 2.05) is 13.8 Å². The van der Waals surface area contributed by atoms with Gasteiger partial charge in [-0.1, -0.05) is 31.6 Å². The zero-order valence-electron chi connectivity index (χ0n) is 10.7. The van der Waals surface area contributed by atoms with Crippen molar-refractivity contribution in [2.75, 3.05) is 11.9 Å². The van der Waals surface area contributed by atoms with Crippen LogP contribution >= 0.6 is 11.3 Å². The lowest BCUT2D eigenvalue weighted by molar-refractivity contribution is -0.118. The van der Waals surface area contributed by atoms with E-state index in [-0.39, 0.29) is 11.8 Å². The molecule has 2 heterocycles. The fraction of sp³-hybridized carbons (Fsp3) is 0.667. The highest BCUT2D eigenvalue weighted by Gasteiger charge is 2.22. The predicted molar refractivity (Wildman–Crippen MR) is 71.5 cm³/mol. The lowest BCUT2D eigenvalue weighted by Gasteiger charge is -2.16. The van der Waals surface area contributed by atoms with Gasteiger partial charge in [-0.15, -0.1) is 0 Å². The third kappa shape index (κ3) is 2.88. The van der Waals surface area contributed by atoms with Gasteiger partial charge in [0.15, 0.2) is 5.13 Å². The molecule has 0 radical (unpaired) electrons. The van der Waals surface area contributed by atoms with Crippen LogP contribution in [0, 0.1) is 5.92 Å². The number of anilines is 1. The second-order valence-electron chi connectivity index (χ2n) is 4.59. The molecule has 0 spiro atoms. The predicted octanol–water partition coefficient (Wildman–Crippen LogP) is 1.53. The SMILES string of the molecule is CCC(C)C(N)C(=O)Nc1nc2c(s1)COCC2. The number of thiazole rings is 1. The molecular weight excluding hydrogens is 250 g/mol. The molecule has 18 heavy (non-hydrogen) atoms. The van der Waals surface area contributed by atoms with Crippen molar-refractivity contribution in [1.29, 1.82) is 0 Å². The Kier molecular flexibility index (Phi) is 4.31. The fourth-order valence-electron chi connectivity index (χ4n) is 1.78. The van der Waals surface area contributed by atoms with E-state index >= 15 is 0 Å². The molecule has 100 valence electrons. The normalized spacial score (nSPS) is 17.9. The van der Waals surface area contributed by atoms with Crippen LogP contribution in [0.4, 0.5) is 5.13 Å². The van der Waals surface area contributed by atoms with Crippen LogP contribution < -0.4 is 11.1 Å². The molecule has 1 aromatic rings. The largest absolute Gasteiger partial charge is 0.375 e. The molecule has 0 saturated carbocycles. The molecule has 2 rings (SSSR count). The van der Waals surface area contributed by atoms with Crippen LogP contribution in [0.15, 0.2) is 0 Å². The van der Waals surface area contributed by atoms with E-state index in [4.69, 9.17) is 10.5 Å². The Morgan fingerprint density at radius 2 is 2.44 bits per heavy atom. The molecule has 0 aromatic carbocycles. The highest BCUT2D eigenvalue weighted by Crippen LogP contribution is 2.27. The van der Waals surface area contributed by atoms with Gasteiger partial charge >= 0.3 is 0 Å². The molecule has 3 N–H and O–H groups in total. The van der Waals surface area contributed by atoms with Gasteiger partial charge in [0.1, 0.15) is 0 Å². The molecule has 1 aliphatic rings. The number of rotatable bonds is 4. The van der Waals surface area contributed by atoms with Crippen molar-refractivity contribution >= 4 is 22.4 Å². The van der Waals surface area contributed by atoms with Gasteiger partial charge in [-0.3, -0.25) is 4.79 Å². The summed E-state index contributed by atoms with van der Waals surface area (Å²) in [6.45, 7) is 5.30. The number of fused-ring (bicyclic) bond motifs is 1. The Labute approximate surface area is 111 Å². The first-order valence-electron chi connectivity index (χ1n) is 6.24. The minimum atomic E-state index is -0.479. The van der Waals surface area contributed by atoms with Crippen molar-refractivity contribution in [2.24, 2.45) is 11.7 Å². The molecule has 2 unspecified atom stereocenters. The van der Waals surface area contributed by atoms with Crippen molar-refractivity contribution in [3.63, 3.8) is 0 Å². The van der Waals surface area contributed by atoms with E-state index in [1.54, 1.807) is 0 Å². The van der Waals surface area contributed by atoms with Crippen LogP contribution in [0.3, 0.4) is 0 Å². The number of carbonyl (C=O) groups is 1. The van der Waals surface area contributed by atoms with Gasteiger partial charge in [-0.2, -0.15) is 0 Å². The van der Waals surface area contributed by atoms with E-state index < -0.39 is 6.04 Å². The molecule has 0 saturated heterocycles. The second kappa shape index (κ2) is 5.77. The Balaban J connectivity index is 2.01. The molecule has 0 aliphatic carbocycles. The summed E-state index contributed by atoms with van der Waals surface area (Å²) in [4.78, 5) is 17.4. The number of ether oxygens (including phenoxy) is 1. The first-order chi connectivity index (χ1) is 8.61. The third-order valence-corrected chi connectivity index (χ3v) is 4.27. The van der Waals surface area contributed by atoms with E-state index in [0.717, 1.165) is 23.4 Å². The smallest absolute Gasteiger partial charge is 0.243 e. The molecule has 2 atom stereocenters. The highest BCUT2D eigenvalue weighted by atomic mass is 32.1.